The van der Waals surface area contributed by atoms with Crippen LogP contribution in [0.1, 0.15) is 41.2 Å². The molecule has 6 heteroatoms. The van der Waals surface area contributed by atoms with Gasteiger partial charge in [-0.2, -0.15) is 4.98 Å². The molecule has 0 N–H and O–H groups in total. The van der Waals surface area contributed by atoms with Crippen LogP contribution >= 0.6 is 11.6 Å². The second kappa shape index (κ2) is 7.92. The zero-order valence-electron chi connectivity index (χ0n) is 15.9. The van der Waals surface area contributed by atoms with Crippen LogP contribution in [-0.4, -0.2) is 27.0 Å². The van der Waals surface area contributed by atoms with Crippen molar-refractivity contribution in [3.63, 3.8) is 0 Å². The number of nitrogens with zero attached hydrogens (tertiary/aromatic N) is 3. The minimum absolute atomic E-state index is 0.0513. The molecule has 140 valence electrons. The molecule has 0 atom stereocenters. The molecule has 0 saturated heterocycles. The number of hydrogen-bond donors (Lipinski definition) is 0. The van der Waals surface area contributed by atoms with E-state index in [9.17, 15) is 4.79 Å². The molecule has 0 aliphatic heterocycles. The van der Waals surface area contributed by atoms with E-state index >= 15 is 0 Å². The van der Waals surface area contributed by atoms with Crippen LogP contribution in [0.15, 0.2) is 47.0 Å². The maximum Gasteiger partial charge on any atom is 0.256 e. The fourth-order valence-corrected chi connectivity index (χ4v) is 3.04. The highest BCUT2D eigenvalue weighted by Crippen LogP contribution is 2.22. The lowest BCUT2D eigenvalue weighted by molar-refractivity contribution is 0.0667. The Labute approximate surface area is 164 Å². The number of aromatic nitrogens is 2. The zero-order valence-corrected chi connectivity index (χ0v) is 16.6. The largest absolute Gasteiger partial charge is 0.337 e. The van der Waals surface area contributed by atoms with Gasteiger partial charge in [-0.25, -0.2) is 0 Å². The van der Waals surface area contributed by atoms with Crippen LogP contribution in [-0.2, 0) is 6.54 Å². The second-order valence-electron chi connectivity index (χ2n) is 6.89. The molecule has 0 fully saturated rings. The number of halogens is 1. The molecule has 0 aliphatic carbocycles. The van der Waals surface area contributed by atoms with E-state index in [1.54, 1.807) is 17.0 Å². The Morgan fingerprint density at radius 1 is 1.11 bits per heavy atom. The maximum absolute atomic E-state index is 13.0. The molecule has 3 aromatic rings. The summed E-state index contributed by atoms with van der Waals surface area (Å²) in [6, 6.07) is 13.2. The van der Waals surface area contributed by atoms with E-state index in [2.05, 4.69) is 10.1 Å². The first-order chi connectivity index (χ1) is 12.8. The van der Waals surface area contributed by atoms with E-state index in [0.29, 0.717) is 22.3 Å². The average Bonchev–Trinajstić information content (AvgIpc) is 3.08. The Bertz CT molecular complexity index is 948. The fourth-order valence-electron chi connectivity index (χ4n) is 2.72. The molecular weight excluding hydrogens is 362 g/mol. The molecule has 0 radical (unpaired) electrons. The zero-order chi connectivity index (χ0) is 19.6. The maximum atomic E-state index is 13.0. The van der Waals surface area contributed by atoms with E-state index in [4.69, 9.17) is 16.1 Å². The Morgan fingerprint density at radius 3 is 2.41 bits per heavy atom. The van der Waals surface area contributed by atoms with Gasteiger partial charge in [-0.3, -0.25) is 4.79 Å². The summed E-state index contributed by atoms with van der Waals surface area (Å²) in [4.78, 5) is 19.1. The van der Waals surface area contributed by atoms with E-state index in [1.165, 1.54) is 0 Å². The van der Waals surface area contributed by atoms with Gasteiger partial charge in [0.2, 0.25) is 11.7 Å². The summed E-state index contributed by atoms with van der Waals surface area (Å²) in [7, 11) is 0. The Morgan fingerprint density at radius 2 is 1.78 bits per heavy atom. The summed E-state index contributed by atoms with van der Waals surface area (Å²) < 4.78 is 5.38. The summed E-state index contributed by atoms with van der Waals surface area (Å²) in [6.45, 7) is 8.06. The molecule has 0 bridgehead atoms. The van der Waals surface area contributed by atoms with E-state index in [1.807, 2.05) is 58.0 Å². The molecule has 2 aromatic carbocycles. The smallest absolute Gasteiger partial charge is 0.256 e. The Hall–Kier alpha value is -2.66. The fraction of sp³-hybridized carbons (Fsp3) is 0.286. The van der Waals surface area contributed by atoms with Crippen molar-refractivity contribution < 1.29 is 9.32 Å². The summed E-state index contributed by atoms with van der Waals surface area (Å²) in [5.74, 6) is 0.732. The van der Waals surface area contributed by atoms with Gasteiger partial charge in [0.15, 0.2) is 0 Å². The highest BCUT2D eigenvalue weighted by molar-refractivity contribution is 6.33. The minimum Gasteiger partial charge on any atom is -0.337 e. The Kier molecular flexibility index (Phi) is 5.61. The van der Waals surface area contributed by atoms with Gasteiger partial charge in [0, 0.05) is 11.6 Å². The minimum atomic E-state index is -0.162. The molecule has 27 heavy (non-hydrogen) atoms. The normalized spacial score (nSPS) is 11.0. The molecule has 1 amide bonds. The molecule has 1 heterocycles. The van der Waals surface area contributed by atoms with Crippen LogP contribution < -0.4 is 0 Å². The van der Waals surface area contributed by atoms with E-state index < -0.39 is 0 Å². The standard InChI is InChI=1S/C21H22ClN3O2/c1-13(2)25(21(26)17-10-7-15(4)11-18(17)22)12-19-23-20(24-27-19)16-8-5-14(3)6-9-16/h5-11,13H,12H2,1-4H3. The van der Waals surface area contributed by atoms with E-state index in [-0.39, 0.29) is 18.5 Å². The van der Waals surface area contributed by atoms with Crippen molar-refractivity contribution in [3.05, 3.63) is 70.1 Å². The van der Waals surface area contributed by atoms with Gasteiger partial charge < -0.3 is 9.42 Å². The van der Waals surface area contributed by atoms with Gasteiger partial charge >= 0.3 is 0 Å². The third-order valence-corrected chi connectivity index (χ3v) is 4.64. The van der Waals surface area contributed by atoms with Gasteiger partial charge in [0.05, 0.1) is 10.6 Å². The first-order valence-electron chi connectivity index (χ1n) is 8.82. The topological polar surface area (TPSA) is 59.2 Å². The van der Waals surface area contributed by atoms with Gasteiger partial charge in [-0.05, 0) is 45.4 Å². The molecular formula is C21H22ClN3O2. The summed E-state index contributed by atoms with van der Waals surface area (Å²) in [6.07, 6.45) is 0. The van der Waals surface area contributed by atoms with Crippen molar-refractivity contribution in [1.82, 2.24) is 15.0 Å². The lowest BCUT2D eigenvalue weighted by atomic mass is 10.1. The van der Waals surface area contributed by atoms with Crippen LogP contribution in [0.4, 0.5) is 0 Å². The highest BCUT2D eigenvalue weighted by atomic mass is 35.5. The monoisotopic (exact) mass is 383 g/mol. The third kappa shape index (κ3) is 4.37. The summed E-state index contributed by atoms with van der Waals surface area (Å²) >= 11 is 6.27. The second-order valence-corrected chi connectivity index (χ2v) is 7.30. The van der Waals surface area contributed by atoms with Crippen molar-refractivity contribution in [2.45, 2.75) is 40.3 Å². The van der Waals surface area contributed by atoms with Crippen LogP contribution in [0.5, 0.6) is 0 Å². The first-order valence-corrected chi connectivity index (χ1v) is 9.19. The van der Waals surface area contributed by atoms with Gasteiger partial charge in [0.25, 0.3) is 5.91 Å². The number of hydrogen-bond acceptors (Lipinski definition) is 4. The SMILES string of the molecule is Cc1ccc(-c2noc(CN(C(=O)c3ccc(C)cc3Cl)C(C)C)n2)cc1. The lowest BCUT2D eigenvalue weighted by Crippen LogP contribution is -2.36. The third-order valence-electron chi connectivity index (χ3n) is 4.32. The van der Waals surface area contributed by atoms with Crippen LogP contribution in [0.2, 0.25) is 5.02 Å². The number of amides is 1. The molecule has 0 aliphatic rings. The molecule has 0 spiro atoms. The van der Waals surface area contributed by atoms with Crippen molar-refractivity contribution in [3.8, 4) is 11.4 Å². The van der Waals surface area contributed by atoms with Gasteiger partial charge in [-0.15, -0.1) is 0 Å². The number of aryl methyl sites for hydroxylation is 2. The molecule has 0 saturated carbocycles. The van der Waals surface area contributed by atoms with Crippen molar-refractivity contribution in [1.29, 1.82) is 0 Å². The van der Waals surface area contributed by atoms with Crippen LogP contribution in [0.25, 0.3) is 11.4 Å². The molecule has 3 rings (SSSR count). The van der Waals surface area contributed by atoms with Crippen LogP contribution in [0, 0.1) is 13.8 Å². The summed E-state index contributed by atoms with van der Waals surface area (Å²) in [5, 5.41) is 4.48. The summed E-state index contributed by atoms with van der Waals surface area (Å²) in [5.41, 5.74) is 3.51. The predicted molar refractivity (Wildman–Crippen MR) is 106 cm³/mol. The molecule has 0 unspecified atom stereocenters. The van der Waals surface area contributed by atoms with Gasteiger partial charge in [0.1, 0.15) is 6.54 Å². The number of benzene rings is 2. The lowest BCUT2D eigenvalue weighted by Gasteiger charge is -2.25. The number of carbonyl (C=O) groups is 1. The van der Waals surface area contributed by atoms with E-state index in [0.717, 1.165) is 16.7 Å². The predicted octanol–water partition coefficient (Wildman–Crippen LogP) is 5.06. The number of rotatable bonds is 5. The Balaban J connectivity index is 1.82. The van der Waals surface area contributed by atoms with Crippen LogP contribution in [0.3, 0.4) is 0 Å². The molecule has 1 aromatic heterocycles. The number of carbonyl (C=O) groups excluding carboxylic acids is 1. The van der Waals surface area contributed by atoms with Crippen molar-refractivity contribution in [2.75, 3.05) is 0 Å². The van der Waals surface area contributed by atoms with Crippen molar-refractivity contribution >= 4 is 17.5 Å². The highest BCUT2D eigenvalue weighted by Gasteiger charge is 2.23. The van der Waals surface area contributed by atoms with Gasteiger partial charge in [-0.1, -0.05) is 52.7 Å². The van der Waals surface area contributed by atoms with Crippen molar-refractivity contribution in [2.24, 2.45) is 0 Å². The average molecular weight is 384 g/mol. The first kappa shape index (κ1) is 19.1. The molecule has 5 nitrogen and oxygen atoms in total. The quantitative estimate of drug-likeness (QED) is 0.618.